The molecule has 1 rings (SSSR count). The smallest absolute Gasteiger partial charge is 0.212 e. The Bertz CT molecular complexity index is 386. The van der Waals surface area contributed by atoms with E-state index in [1.807, 2.05) is 44.2 Å². The van der Waals surface area contributed by atoms with E-state index in [1.165, 1.54) is 0 Å². The Morgan fingerprint density at radius 1 is 1.27 bits per heavy atom. The lowest BCUT2D eigenvalue weighted by atomic mass is 10.2. The normalized spacial score (nSPS) is 13.7. The number of sulfonamides is 1. The van der Waals surface area contributed by atoms with Gasteiger partial charge < -0.3 is 0 Å². The highest BCUT2D eigenvalue weighted by Crippen LogP contribution is 2.05. The first-order valence-corrected chi connectivity index (χ1v) is 6.72. The maximum Gasteiger partial charge on any atom is 0.216 e. The molecular weight excluding hydrogens is 210 g/mol. The highest BCUT2D eigenvalue weighted by atomic mass is 32.2. The van der Waals surface area contributed by atoms with E-state index in [-0.39, 0.29) is 11.8 Å². The van der Waals surface area contributed by atoms with Crippen LogP contribution >= 0.6 is 0 Å². The molecule has 1 N–H and O–H groups in total. The lowest BCUT2D eigenvalue weighted by Crippen LogP contribution is -2.32. The molecular formula is C11H17NO2S. The summed E-state index contributed by atoms with van der Waals surface area (Å²) in [5.41, 5.74) is 0.813. The van der Waals surface area contributed by atoms with Gasteiger partial charge in [0.15, 0.2) is 0 Å². The van der Waals surface area contributed by atoms with Gasteiger partial charge in [-0.05, 0) is 18.9 Å². The summed E-state index contributed by atoms with van der Waals surface area (Å²) in [5.74, 6) is 0.0537. The van der Waals surface area contributed by atoms with Crippen LogP contribution in [-0.4, -0.2) is 14.5 Å². The molecule has 0 aliphatic carbocycles. The molecule has 1 aromatic carbocycles. The van der Waals surface area contributed by atoms with Crippen LogP contribution in [0.4, 0.5) is 0 Å². The molecule has 0 aliphatic rings. The molecule has 1 unspecified atom stereocenters. The highest BCUT2D eigenvalue weighted by Gasteiger charge is 2.13. The first kappa shape index (κ1) is 12.2. The zero-order valence-corrected chi connectivity index (χ0v) is 9.92. The summed E-state index contributed by atoms with van der Waals surface area (Å²) in [7, 11) is -3.20. The molecule has 0 aliphatic heterocycles. The van der Waals surface area contributed by atoms with Crippen LogP contribution in [0.2, 0.25) is 0 Å². The second-order valence-corrected chi connectivity index (χ2v) is 5.43. The average Bonchev–Trinajstić information content (AvgIpc) is 2.17. The van der Waals surface area contributed by atoms with Crippen LogP contribution in [0.3, 0.4) is 0 Å². The first-order valence-electron chi connectivity index (χ1n) is 5.07. The third kappa shape index (κ3) is 4.44. The number of rotatable bonds is 5. The summed E-state index contributed by atoms with van der Waals surface area (Å²) in [6.07, 6.45) is 0.800. The Morgan fingerprint density at radius 3 is 2.40 bits per heavy atom. The van der Waals surface area contributed by atoms with Crippen molar-refractivity contribution in [2.75, 3.05) is 0 Å². The van der Waals surface area contributed by atoms with Crippen LogP contribution in [0.5, 0.6) is 0 Å². The van der Waals surface area contributed by atoms with Gasteiger partial charge in [-0.3, -0.25) is 0 Å². The molecule has 1 atom stereocenters. The van der Waals surface area contributed by atoms with Crippen LogP contribution in [0.1, 0.15) is 25.8 Å². The predicted octanol–water partition coefficient (Wildman–Crippen LogP) is 1.90. The third-order valence-corrected chi connectivity index (χ3v) is 3.67. The Labute approximate surface area is 91.6 Å². The van der Waals surface area contributed by atoms with E-state index in [2.05, 4.69) is 4.72 Å². The monoisotopic (exact) mass is 227 g/mol. The minimum atomic E-state index is -3.20. The number of benzene rings is 1. The van der Waals surface area contributed by atoms with E-state index < -0.39 is 10.0 Å². The first-order chi connectivity index (χ1) is 7.03. The average molecular weight is 227 g/mol. The van der Waals surface area contributed by atoms with Gasteiger partial charge in [-0.2, -0.15) is 0 Å². The van der Waals surface area contributed by atoms with Crippen molar-refractivity contribution >= 4 is 10.0 Å². The molecule has 0 bridgehead atoms. The maximum absolute atomic E-state index is 11.7. The Kier molecular flexibility index (Phi) is 4.29. The highest BCUT2D eigenvalue weighted by molar-refractivity contribution is 7.88. The van der Waals surface area contributed by atoms with Crippen molar-refractivity contribution in [2.24, 2.45) is 0 Å². The summed E-state index contributed by atoms with van der Waals surface area (Å²) in [5, 5.41) is 0. The van der Waals surface area contributed by atoms with Crippen molar-refractivity contribution in [2.45, 2.75) is 32.1 Å². The van der Waals surface area contributed by atoms with Crippen LogP contribution in [0.15, 0.2) is 30.3 Å². The Balaban J connectivity index is 2.65. The van der Waals surface area contributed by atoms with Crippen LogP contribution in [-0.2, 0) is 15.8 Å². The standard InChI is InChI=1S/C11H17NO2S/c1-3-10(2)12-15(13,14)9-11-7-5-4-6-8-11/h4-8,10,12H,3,9H2,1-2H3. The maximum atomic E-state index is 11.7. The molecule has 0 saturated heterocycles. The molecule has 84 valence electrons. The second kappa shape index (κ2) is 5.28. The lowest BCUT2D eigenvalue weighted by molar-refractivity contribution is 0.555. The lowest BCUT2D eigenvalue weighted by Gasteiger charge is -2.11. The zero-order chi connectivity index (χ0) is 11.3. The Hall–Kier alpha value is -0.870. The fourth-order valence-electron chi connectivity index (χ4n) is 1.23. The fourth-order valence-corrected chi connectivity index (χ4v) is 2.72. The minimum Gasteiger partial charge on any atom is -0.212 e. The van der Waals surface area contributed by atoms with E-state index >= 15 is 0 Å². The van der Waals surface area contributed by atoms with E-state index in [0.29, 0.717) is 0 Å². The van der Waals surface area contributed by atoms with Gasteiger partial charge in [-0.15, -0.1) is 0 Å². The van der Waals surface area contributed by atoms with Gasteiger partial charge in [-0.25, -0.2) is 13.1 Å². The molecule has 0 amide bonds. The molecule has 0 aromatic heterocycles. The fraction of sp³-hybridized carbons (Fsp3) is 0.455. The van der Waals surface area contributed by atoms with Crippen molar-refractivity contribution in [3.05, 3.63) is 35.9 Å². The van der Waals surface area contributed by atoms with Crippen LogP contribution < -0.4 is 4.72 Å². The van der Waals surface area contributed by atoms with Crippen molar-refractivity contribution < 1.29 is 8.42 Å². The molecule has 0 radical (unpaired) electrons. The number of nitrogens with one attached hydrogen (secondary N) is 1. The van der Waals surface area contributed by atoms with E-state index in [0.717, 1.165) is 12.0 Å². The van der Waals surface area contributed by atoms with Gasteiger partial charge in [0, 0.05) is 6.04 Å². The van der Waals surface area contributed by atoms with Crippen molar-refractivity contribution in [3.63, 3.8) is 0 Å². The van der Waals surface area contributed by atoms with E-state index in [9.17, 15) is 8.42 Å². The van der Waals surface area contributed by atoms with Gasteiger partial charge in [0.2, 0.25) is 10.0 Å². The topological polar surface area (TPSA) is 46.2 Å². The zero-order valence-electron chi connectivity index (χ0n) is 9.10. The summed E-state index contributed by atoms with van der Waals surface area (Å²) in [6.45, 7) is 3.82. The third-order valence-electron chi connectivity index (χ3n) is 2.19. The van der Waals surface area contributed by atoms with Crippen molar-refractivity contribution in [1.29, 1.82) is 0 Å². The minimum absolute atomic E-state index is 0.00119. The predicted molar refractivity (Wildman–Crippen MR) is 62.0 cm³/mol. The van der Waals surface area contributed by atoms with Crippen LogP contribution in [0.25, 0.3) is 0 Å². The quantitative estimate of drug-likeness (QED) is 0.835. The van der Waals surface area contributed by atoms with E-state index in [4.69, 9.17) is 0 Å². The molecule has 3 nitrogen and oxygen atoms in total. The van der Waals surface area contributed by atoms with Gasteiger partial charge in [0.05, 0.1) is 5.75 Å². The largest absolute Gasteiger partial charge is 0.216 e. The number of hydrogen-bond donors (Lipinski definition) is 1. The molecule has 0 saturated carbocycles. The molecule has 1 aromatic rings. The van der Waals surface area contributed by atoms with Gasteiger partial charge in [0.25, 0.3) is 0 Å². The van der Waals surface area contributed by atoms with Crippen molar-refractivity contribution in [1.82, 2.24) is 4.72 Å². The molecule has 15 heavy (non-hydrogen) atoms. The second-order valence-electron chi connectivity index (χ2n) is 3.67. The summed E-state index contributed by atoms with van der Waals surface area (Å²) in [6, 6.07) is 9.19. The molecule has 0 fully saturated rings. The molecule has 0 heterocycles. The van der Waals surface area contributed by atoms with Gasteiger partial charge >= 0.3 is 0 Å². The summed E-state index contributed by atoms with van der Waals surface area (Å²) < 4.78 is 25.9. The molecule has 0 spiro atoms. The summed E-state index contributed by atoms with van der Waals surface area (Å²) in [4.78, 5) is 0. The van der Waals surface area contributed by atoms with E-state index in [1.54, 1.807) is 0 Å². The summed E-state index contributed by atoms with van der Waals surface area (Å²) >= 11 is 0. The molecule has 4 heteroatoms. The Morgan fingerprint density at radius 2 is 1.87 bits per heavy atom. The number of hydrogen-bond acceptors (Lipinski definition) is 2. The van der Waals surface area contributed by atoms with Gasteiger partial charge in [-0.1, -0.05) is 37.3 Å². The van der Waals surface area contributed by atoms with Crippen molar-refractivity contribution in [3.8, 4) is 0 Å². The SMILES string of the molecule is CCC(C)NS(=O)(=O)Cc1ccccc1. The van der Waals surface area contributed by atoms with Crippen LogP contribution in [0, 0.1) is 0 Å². The van der Waals surface area contributed by atoms with Gasteiger partial charge in [0.1, 0.15) is 0 Å².